The SMILES string of the molecule is CC(C)CCCCCSCC(C)(C)C(=O)[O-].CC(C)CCCCCSCC(C)(C)C(=O)[O-].CCC[CH2][Sn+2][CH2]CCC. The number of carboxylic acids is 2. The minimum absolute atomic E-state index is 0.149. The number of carbonyl (C=O) groups excluding carboxylic acids is 2. The zero-order valence-electron chi connectivity index (χ0n) is 28.8. The summed E-state index contributed by atoms with van der Waals surface area (Å²) in [4.78, 5) is 21.5. The van der Waals surface area contributed by atoms with E-state index in [2.05, 4.69) is 41.5 Å². The summed E-state index contributed by atoms with van der Waals surface area (Å²) in [5.74, 6) is 3.14. The second kappa shape index (κ2) is 30.5. The van der Waals surface area contributed by atoms with Crippen molar-refractivity contribution < 1.29 is 19.8 Å². The summed E-state index contributed by atoms with van der Waals surface area (Å²) >= 11 is 3.60. The molecule has 0 atom stereocenters. The molecule has 0 aromatic carbocycles. The number of rotatable bonds is 24. The van der Waals surface area contributed by atoms with Gasteiger partial charge in [-0.25, -0.2) is 0 Å². The van der Waals surface area contributed by atoms with Crippen LogP contribution in [0.3, 0.4) is 0 Å². The fourth-order valence-electron chi connectivity index (χ4n) is 3.37. The van der Waals surface area contributed by atoms with Gasteiger partial charge < -0.3 is 19.8 Å². The monoisotopic (exact) mass is 724 g/mol. The van der Waals surface area contributed by atoms with Crippen molar-refractivity contribution >= 4 is 56.6 Å². The Hall–Kier alpha value is 0.439. The maximum atomic E-state index is 10.7. The predicted octanol–water partition coefficient (Wildman–Crippen LogP) is 8.55. The Morgan fingerprint density at radius 3 is 1.22 bits per heavy atom. The van der Waals surface area contributed by atoms with Crippen molar-refractivity contribution in [2.75, 3.05) is 23.0 Å². The summed E-state index contributed by atoms with van der Waals surface area (Å²) in [5, 5.41) is 21.5. The molecule has 0 heterocycles. The van der Waals surface area contributed by atoms with E-state index in [1.807, 2.05) is 0 Å². The fraction of sp³-hybridized carbons (Fsp3) is 0.941. The van der Waals surface area contributed by atoms with Crippen molar-refractivity contribution in [1.82, 2.24) is 0 Å². The van der Waals surface area contributed by atoms with Crippen LogP contribution < -0.4 is 10.2 Å². The summed E-state index contributed by atoms with van der Waals surface area (Å²) in [6.07, 6.45) is 15.9. The normalized spacial score (nSPS) is 11.4. The summed E-state index contributed by atoms with van der Waals surface area (Å²) in [7, 11) is 0. The van der Waals surface area contributed by atoms with Crippen LogP contribution in [0.1, 0.15) is 146 Å². The number of hydrogen-bond acceptors (Lipinski definition) is 6. The summed E-state index contributed by atoms with van der Waals surface area (Å²) in [5.41, 5.74) is -1.38. The van der Waals surface area contributed by atoms with Crippen LogP contribution in [0, 0.1) is 22.7 Å². The van der Waals surface area contributed by atoms with E-state index in [9.17, 15) is 19.8 Å². The number of aliphatic carboxylic acids is 2. The molecule has 0 spiro atoms. The van der Waals surface area contributed by atoms with Gasteiger partial charge in [0.1, 0.15) is 0 Å². The number of carbonyl (C=O) groups is 2. The van der Waals surface area contributed by atoms with Crippen molar-refractivity contribution in [3.05, 3.63) is 0 Å². The maximum absolute atomic E-state index is 10.7. The molecular weight excluding hydrogens is 655 g/mol. The molecule has 0 saturated heterocycles. The molecule has 0 rings (SSSR count). The summed E-state index contributed by atoms with van der Waals surface area (Å²) in [6, 6.07) is 0. The third-order valence-electron chi connectivity index (χ3n) is 6.59. The minimum atomic E-state index is -0.945. The summed E-state index contributed by atoms with van der Waals surface area (Å²) in [6.45, 7) is 20.5. The van der Waals surface area contributed by atoms with E-state index in [4.69, 9.17) is 0 Å². The van der Waals surface area contributed by atoms with Crippen molar-refractivity contribution in [2.24, 2.45) is 22.7 Å². The second-order valence-corrected chi connectivity index (χ2v) is 19.9. The molecule has 0 aromatic rings. The zero-order chi connectivity index (χ0) is 32.2. The molecule has 0 unspecified atom stereocenters. The number of carboxylic acid groups (broad SMARTS) is 2. The van der Waals surface area contributed by atoms with Gasteiger partial charge in [0.2, 0.25) is 0 Å². The molecular formula is C34H68O4S2Sn. The molecule has 244 valence electrons. The molecule has 4 nitrogen and oxygen atoms in total. The fourth-order valence-corrected chi connectivity index (χ4v) is 9.89. The third kappa shape index (κ3) is 36.5. The number of thioether (sulfide) groups is 2. The molecule has 0 aliphatic carbocycles. The van der Waals surface area contributed by atoms with Crippen LogP contribution >= 0.6 is 23.5 Å². The molecule has 0 aliphatic rings. The molecule has 0 aliphatic heterocycles. The Morgan fingerprint density at radius 1 is 0.610 bits per heavy atom. The Balaban J connectivity index is -0.000000551. The first-order valence-electron chi connectivity index (χ1n) is 16.4. The topological polar surface area (TPSA) is 80.3 Å². The molecule has 0 saturated carbocycles. The van der Waals surface area contributed by atoms with Crippen LogP contribution in [0.5, 0.6) is 0 Å². The Bertz CT molecular complexity index is 545. The number of unbranched alkanes of at least 4 members (excludes halogenated alkanes) is 6. The van der Waals surface area contributed by atoms with Crippen molar-refractivity contribution in [3.63, 3.8) is 0 Å². The molecule has 41 heavy (non-hydrogen) atoms. The van der Waals surface area contributed by atoms with Crippen molar-refractivity contribution in [1.29, 1.82) is 0 Å². The van der Waals surface area contributed by atoms with E-state index in [1.54, 1.807) is 60.1 Å². The van der Waals surface area contributed by atoms with Gasteiger partial charge in [0.05, 0.1) is 0 Å². The van der Waals surface area contributed by atoms with Gasteiger partial charge in [-0.05, 0) is 36.2 Å². The van der Waals surface area contributed by atoms with Crippen LogP contribution in [-0.2, 0) is 9.59 Å². The van der Waals surface area contributed by atoms with Gasteiger partial charge in [-0.1, -0.05) is 93.9 Å². The Kier molecular flexibility index (Phi) is 34.1. The molecule has 0 fully saturated rings. The molecule has 0 N–H and O–H groups in total. The molecule has 0 radical (unpaired) electrons. The molecule has 0 bridgehead atoms. The van der Waals surface area contributed by atoms with E-state index in [0.29, 0.717) is 11.5 Å². The molecule has 0 amide bonds. The molecule has 0 aromatic heterocycles. The van der Waals surface area contributed by atoms with E-state index < -0.39 is 22.8 Å². The van der Waals surface area contributed by atoms with E-state index in [1.165, 1.54) is 77.0 Å². The van der Waals surface area contributed by atoms with Gasteiger partial charge in [-0.2, -0.15) is 23.5 Å². The van der Waals surface area contributed by atoms with Crippen LogP contribution in [0.25, 0.3) is 0 Å². The van der Waals surface area contributed by atoms with Gasteiger partial charge in [-0.15, -0.1) is 0 Å². The first-order chi connectivity index (χ1) is 19.1. The number of hydrogen-bond donors (Lipinski definition) is 0. The average Bonchev–Trinajstić information content (AvgIpc) is 2.87. The zero-order valence-corrected chi connectivity index (χ0v) is 33.3. The quantitative estimate of drug-likeness (QED) is 0.0734. The third-order valence-corrected chi connectivity index (χ3v) is 13.6. The predicted molar refractivity (Wildman–Crippen MR) is 184 cm³/mol. The Labute approximate surface area is 275 Å². The van der Waals surface area contributed by atoms with E-state index in [-0.39, 0.29) is 21.1 Å². The van der Waals surface area contributed by atoms with Crippen LogP contribution in [0.15, 0.2) is 0 Å². The van der Waals surface area contributed by atoms with Crippen LogP contribution in [0.4, 0.5) is 0 Å². The van der Waals surface area contributed by atoms with Crippen LogP contribution in [0.2, 0.25) is 8.87 Å². The standard InChI is InChI=1S/2C13H26O2S.2C4H9.Sn/c2*1-11(2)8-6-5-7-9-16-10-13(3,4)12(14)15;2*1-3-4-2;/h2*11H,5-10H2,1-4H3,(H,14,15);2*1,3-4H2,2H3;/q;;;;+2/p-2. The first-order valence-corrected chi connectivity index (χ1v) is 22.8. The Morgan fingerprint density at radius 2 is 0.951 bits per heavy atom. The van der Waals surface area contributed by atoms with Gasteiger partial charge in [0.25, 0.3) is 0 Å². The van der Waals surface area contributed by atoms with Gasteiger partial charge in [0, 0.05) is 34.3 Å². The van der Waals surface area contributed by atoms with Crippen LogP contribution in [-0.4, -0.2) is 56.1 Å². The van der Waals surface area contributed by atoms with E-state index in [0.717, 1.165) is 23.3 Å². The first kappa shape index (κ1) is 45.9. The van der Waals surface area contributed by atoms with Gasteiger partial charge >= 0.3 is 69.5 Å². The summed E-state index contributed by atoms with van der Waals surface area (Å²) < 4.78 is 3.25. The van der Waals surface area contributed by atoms with Gasteiger partial charge in [-0.3, -0.25) is 0 Å². The van der Waals surface area contributed by atoms with E-state index >= 15 is 0 Å². The second-order valence-electron chi connectivity index (χ2n) is 13.4. The average molecular weight is 724 g/mol. The van der Waals surface area contributed by atoms with Crippen molar-refractivity contribution in [2.45, 2.75) is 155 Å². The van der Waals surface area contributed by atoms with Gasteiger partial charge in [0.15, 0.2) is 0 Å². The molecule has 7 heteroatoms. The van der Waals surface area contributed by atoms with Crippen molar-refractivity contribution in [3.8, 4) is 0 Å².